The molecule has 16 heteroatoms. The first-order valence-electron chi connectivity index (χ1n) is 20.4. The van der Waals surface area contributed by atoms with Gasteiger partial charge in [0, 0.05) is 9.85 Å². The summed E-state index contributed by atoms with van der Waals surface area (Å²) in [6.07, 6.45) is 0. The van der Waals surface area contributed by atoms with E-state index in [0.717, 1.165) is 0 Å². The second kappa shape index (κ2) is 19.3. The van der Waals surface area contributed by atoms with E-state index in [4.69, 9.17) is 9.47 Å². The fourth-order valence-corrected chi connectivity index (χ4v) is 9.99. The predicted octanol–water partition coefficient (Wildman–Crippen LogP) is 6.35. The van der Waals surface area contributed by atoms with Crippen molar-refractivity contribution in [1.82, 2.24) is 0 Å². The first-order valence-corrected chi connectivity index (χ1v) is 20.4. The SMILES string of the molecule is CCOC(=O)[C@@H]1[C@@H](c2ccccc2)[C@H]([N+](=O)[O-])[C@@H](c2ccccc2)C(C#N)(C#N)[C@]1(C)O.CCOC(=O)[C@@H]1[C@@H](c2ccccc2)[C@H]([N+](=O)[O-])[C@@H](c2ccccc2)C(C#N)(C#N)[C@]1(C)O. The van der Waals surface area contributed by atoms with Gasteiger partial charge in [-0.1, -0.05) is 121 Å². The Morgan fingerprint density at radius 3 is 1.02 bits per heavy atom. The van der Waals surface area contributed by atoms with Gasteiger partial charge in [-0.25, -0.2) is 0 Å². The molecule has 10 atom stereocenters. The zero-order chi connectivity index (χ0) is 47.0. The Balaban J connectivity index is 0.000000241. The summed E-state index contributed by atoms with van der Waals surface area (Å²) in [6.45, 7) is 5.56. The number of rotatable bonds is 10. The van der Waals surface area contributed by atoms with Gasteiger partial charge in [-0.3, -0.25) is 29.8 Å². The molecule has 0 amide bonds. The molecule has 2 fully saturated rings. The maximum absolute atomic E-state index is 13.1. The van der Waals surface area contributed by atoms with Crippen LogP contribution in [0.5, 0.6) is 0 Å². The fraction of sp³-hybridized carbons (Fsp3) is 0.375. The zero-order valence-corrected chi connectivity index (χ0v) is 35.4. The average Bonchev–Trinajstić information content (AvgIpc) is 3.29. The van der Waals surface area contributed by atoms with Crippen LogP contribution in [-0.4, -0.2) is 68.5 Å². The highest BCUT2D eigenvalue weighted by Gasteiger charge is 2.74. The number of benzene rings is 4. The minimum absolute atomic E-state index is 0.0235. The second-order valence-corrected chi connectivity index (χ2v) is 16.0. The molecule has 2 aliphatic rings. The van der Waals surface area contributed by atoms with E-state index in [-0.39, 0.29) is 13.2 Å². The van der Waals surface area contributed by atoms with E-state index in [9.17, 15) is 61.1 Å². The molecule has 0 saturated heterocycles. The molecule has 2 N–H and O–H groups in total. The molecule has 4 aromatic rings. The predicted molar refractivity (Wildman–Crippen MR) is 227 cm³/mol. The van der Waals surface area contributed by atoms with E-state index in [2.05, 4.69) is 0 Å². The highest BCUT2D eigenvalue weighted by atomic mass is 16.6. The molecular formula is C48H46N6O10. The lowest BCUT2D eigenvalue weighted by atomic mass is 9.48. The number of hydrogen-bond acceptors (Lipinski definition) is 14. The number of aliphatic hydroxyl groups is 2. The molecule has 0 bridgehead atoms. The van der Waals surface area contributed by atoms with Crippen LogP contribution >= 0.6 is 0 Å². The number of carbonyl (C=O) groups is 2. The summed E-state index contributed by atoms with van der Waals surface area (Å²) < 4.78 is 10.4. The van der Waals surface area contributed by atoms with Gasteiger partial charge < -0.3 is 19.7 Å². The van der Waals surface area contributed by atoms with Crippen LogP contribution in [0.25, 0.3) is 0 Å². The lowest BCUT2D eigenvalue weighted by molar-refractivity contribution is -0.541. The van der Waals surface area contributed by atoms with Gasteiger partial charge in [0.15, 0.2) is 10.8 Å². The second-order valence-electron chi connectivity index (χ2n) is 16.0. The Hall–Kier alpha value is -7.50. The normalized spacial score (nSPS) is 28.7. The van der Waals surface area contributed by atoms with Gasteiger partial charge in [-0.05, 0) is 49.9 Å². The van der Waals surface area contributed by atoms with Crippen LogP contribution in [0.4, 0.5) is 0 Å². The first-order chi connectivity index (χ1) is 30.5. The molecule has 328 valence electrons. The highest BCUT2D eigenvalue weighted by Crippen LogP contribution is 2.62. The molecule has 2 aliphatic carbocycles. The molecule has 0 radical (unpaired) electrons. The monoisotopic (exact) mass is 866 g/mol. The zero-order valence-electron chi connectivity index (χ0n) is 35.4. The summed E-state index contributed by atoms with van der Waals surface area (Å²) in [4.78, 5) is 50.2. The molecule has 64 heavy (non-hydrogen) atoms. The van der Waals surface area contributed by atoms with Gasteiger partial charge in [0.05, 0.1) is 61.2 Å². The van der Waals surface area contributed by atoms with E-state index < -0.39 is 91.4 Å². The van der Waals surface area contributed by atoms with Gasteiger partial charge in [-0.15, -0.1) is 0 Å². The summed E-state index contributed by atoms with van der Waals surface area (Å²) >= 11 is 0. The standard InChI is InChI=1S/2C24H23N3O5/c2*1-3-32-22(28)20-18(16-10-6-4-7-11-16)21(27(30)31)19(17-12-8-5-9-13-17)24(14-25,15-26)23(20,2)29/h2*4-13,18-21,29H,3H2,1-2H3/t2*18-,19-,20+,21+,23-/m11/s1. The van der Waals surface area contributed by atoms with Crippen LogP contribution in [0, 0.1) is 88.2 Å². The lowest BCUT2D eigenvalue weighted by Crippen LogP contribution is -2.66. The number of esters is 2. The molecule has 6 rings (SSSR count). The molecule has 0 unspecified atom stereocenters. The summed E-state index contributed by atoms with van der Waals surface area (Å²) in [7, 11) is 0. The largest absolute Gasteiger partial charge is 0.466 e. The lowest BCUT2D eigenvalue weighted by Gasteiger charge is -2.52. The third kappa shape index (κ3) is 7.90. The molecule has 0 spiro atoms. The average molecular weight is 867 g/mol. The van der Waals surface area contributed by atoms with Crippen molar-refractivity contribution in [1.29, 1.82) is 21.0 Å². The molecule has 4 aromatic carbocycles. The van der Waals surface area contributed by atoms with E-state index >= 15 is 0 Å². The topological polar surface area (TPSA) is 274 Å². The molecule has 2 saturated carbocycles. The van der Waals surface area contributed by atoms with Crippen molar-refractivity contribution >= 4 is 11.9 Å². The Morgan fingerprint density at radius 1 is 0.547 bits per heavy atom. The number of nitriles is 4. The van der Waals surface area contributed by atoms with E-state index in [1.165, 1.54) is 13.8 Å². The molecule has 0 heterocycles. The van der Waals surface area contributed by atoms with Crippen molar-refractivity contribution in [2.24, 2.45) is 22.7 Å². The quantitative estimate of drug-likeness (QED) is 0.0998. The van der Waals surface area contributed by atoms with Crippen molar-refractivity contribution in [3.8, 4) is 24.3 Å². The number of ether oxygens (including phenoxy) is 2. The van der Waals surface area contributed by atoms with Gasteiger partial charge >= 0.3 is 11.9 Å². The highest BCUT2D eigenvalue weighted by molar-refractivity contribution is 5.78. The Labute approximate surface area is 369 Å². The van der Waals surface area contributed by atoms with Crippen LogP contribution in [0.1, 0.15) is 73.6 Å². The minimum atomic E-state index is -2.28. The van der Waals surface area contributed by atoms with E-state index in [1.54, 1.807) is 135 Å². The van der Waals surface area contributed by atoms with Crippen molar-refractivity contribution in [2.75, 3.05) is 13.2 Å². The number of nitrogens with zero attached hydrogens (tertiary/aromatic N) is 6. The maximum atomic E-state index is 13.1. The third-order valence-corrected chi connectivity index (χ3v) is 12.8. The molecular weight excluding hydrogens is 821 g/mol. The van der Waals surface area contributed by atoms with Crippen LogP contribution in [0.3, 0.4) is 0 Å². The van der Waals surface area contributed by atoms with Crippen molar-refractivity contribution in [3.05, 3.63) is 164 Å². The minimum Gasteiger partial charge on any atom is -0.466 e. The summed E-state index contributed by atoms with van der Waals surface area (Å²) in [6, 6.07) is 37.5. The molecule has 16 nitrogen and oxygen atoms in total. The van der Waals surface area contributed by atoms with Gasteiger partial charge in [0.1, 0.15) is 23.0 Å². The number of nitro groups is 2. The van der Waals surface area contributed by atoms with Crippen LogP contribution in [-0.2, 0) is 19.1 Å². The van der Waals surface area contributed by atoms with Crippen LogP contribution < -0.4 is 0 Å². The molecule has 0 aromatic heterocycles. The van der Waals surface area contributed by atoms with Crippen molar-refractivity contribution in [3.63, 3.8) is 0 Å². The first kappa shape index (κ1) is 47.5. The van der Waals surface area contributed by atoms with Crippen LogP contribution in [0.15, 0.2) is 121 Å². The summed E-state index contributed by atoms with van der Waals surface area (Å²) in [5.41, 5.74) is -7.46. The summed E-state index contributed by atoms with van der Waals surface area (Å²) in [5.74, 6) is -9.70. The third-order valence-electron chi connectivity index (χ3n) is 12.8. The Kier molecular flexibility index (Phi) is 14.3. The Bertz CT molecular complexity index is 2290. The van der Waals surface area contributed by atoms with Gasteiger partial charge in [0.2, 0.25) is 12.1 Å². The maximum Gasteiger partial charge on any atom is 0.312 e. The van der Waals surface area contributed by atoms with Crippen molar-refractivity contribution < 1.29 is 39.1 Å². The van der Waals surface area contributed by atoms with Crippen LogP contribution in [0.2, 0.25) is 0 Å². The fourth-order valence-electron chi connectivity index (χ4n) is 9.99. The number of carbonyl (C=O) groups excluding carboxylic acids is 2. The number of hydrogen-bond donors (Lipinski definition) is 2. The summed E-state index contributed by atoms with van der Waals surface area (Å²) in [5, 5.41) is 89.3. The van der Waals surface area contributed by atoms with E-state index in [1.807, 2.05) is 24.3 Å². The van der Waals surface area contributed by atoms with Gasteiger partial charge in [0.25, 0.3) is 0 Å². The molecule has 0 aliphatic heterocycles. The van der Waals surface area contributed by atoms with Crippen molar-refractivity contribution in [2.45, 2.75) is 74.7 Å². The van der Waals surface area contributed by atoms with Gasteiger partial charge in [-0.2, -0.15) is 21.0 Å². The smallest absolute Gasteiger partial charge is 0.312 e. The van der Waals surface area contributed by atoms with E-state index in [0.29, 0.717) is 22.3 Å². The Morgan fingerprint density at radius 2 is 0.797 bits per heavy atom.